The lowest BCUT2D eigenvalue weighted by Crippen LogP contribution is -2.47. The summed E-state index contributed by atoms with van der Waals surface area (Å²) in [6, 6.07) is 0.290. The molecular weight excluding hydrogens is 262 g/mol. The van der Waals surface area contributed by atoms with Gasteiger partial charge in [-0.05, 0) is 6.42 Å². The van der Waals surface area contributed by atoms with Gasteiger partial charge in [0.2, 0.25) is 0 Å². The Kier molecular flexibility index (Phi) is 2.82. The van der Waals surface area contributed by atoms with Crippen LogP contribution in [0.25, 0.3) is 0 Å². The molecule has 2 aromatic heterocycles. The van der Waals surface area contributed by atoms with Gasteiger partial charge < -0.3 is 4.74 Å². The minimum Gasteiger partial charge on any atom is -0.370 e. The Balaban J connectivity index is 1.52. The Morgan fingerprint density at radius 3 is 3.37 bits per heavy atom. The van der Waals surface area contributed by atoms with E-state index in [1.54, 1.807) is 17.5 Å². The number of rotatable bonds is 2. The van der Waals surface area contributed by atoms with Gasteiger partial charge in [-0.3, -0.25) is 4.90 Å². The average Bonchev–Trinajstić information content (AvgIpc) is 3.08. The lowest BCUT2D eigenvalue weighted by Gasteiger charge is -2.40. The Morgan fingerprint density at radius 1 is 1.47 bits per heavy atom. The molecule has 0 bridgehead atoms. The van der Waals surface area contributed by atoms with Gasteiger partial charge in [0.1, 0.15) is 0 Å². The Hall–Kier alpha value is -1.31. The summed E-state index contributed by atoms with van der Waals surface area (Å²) in [6.45, 7) is 3.57. The molecule has 4 rings (SSSR count). The normalized spacial score (nSPS) is 26.9. The quantitative estimate of drug-likeness (QED) is 0.822. The molecule has 19 heavy (non-hydrogen) atoms. The minimum atomic E-state index is 0.279. The van der Waals surface area contributed by atoms with Crippen molar-refractivity contribution >= 4 is 11.3 Å². The first-order chi connectivity index (χ1) is 9.40. The molecule has 0 unspecified atom stereocenters. The van der Waals surface area contributed by atoms with Crippen molar-refractivity contribution in [2.75, 3.05) is 13.1 Å². The van der Waals surface area contributed by atoms with Crippen molar-refractivity contribution in [2.24, 2.45) is 0 Å². The summed E-state index contributed by atoms with van der Waals surface area (Å²) in [6.07, 6.45) is 3.13. The van der Waals surface area contributed by atoms with Crippen LogP contribution < -0.4 is 0 Å². The third kappa shape index (κ3) is 2.07. The zero-order chi connectivity index (χ0) is 12.7. The number of likely N-dealkylation sites (tertiary alicyclic amines) is 1. The minimum absolute atomic E-state index is 0.279. The van der Waals surface area contributed by atoms with Crippen LogP contribution in [0, 0.1) is 0 Å². The second-order valence-electron chi connectivity index (χ2n) is 5.09. The summed E-state index contributed by atoms with van der Waals surface area (Å²) in [5, 5.41) is 10.3. The fraction of sp³-hybridized carbons (Fsp3) is 0.583. The number of ether oxygens (including phenoxy) is 1. The van der Waals surface area contributed by atoms with Crippen molar-refractivity contribution in [3.8, 4) is 0 Å². The van der Waals surface area contributed by atoms with Crippen LogP contribution in [0.15, 0.2) is 17.1 Å². The van der Waals surface area contributed by atoms with Gasteiger partial charge in [0.05, 0.1) is 41.8 Å². The van der Waals surface area contributed by atoms with Crippen molar-refractivity contribution in [1.29, 1.82) is 0 Å². The van der Waals surface area contributed by atoms with Gasteiger partial charge in [0.15, 0.2) is 0 Å². The highest BCUT2D eigenvalue weighted by molar-refractivity contribution is 7.07. The predicted octanol–water partition coefficient (Wildman–Crippen LogP) is 1.08. The lowest BCUT2D eigenvalue weighted by atomic mass is 10.0. The first-order valence-electron chi connectivity index (χ1n) is 6.50. The van der Waals surface area contributed by atoms with Gasteiger partial charge >= 0.3 is 0 Å². The molecule has 1 saturated heterocycles. The first-order valence-corrected chi connectivity index (χ1v) is 7.44. The van der Waals surface area contributed by atoms with Gasteiger partial charge in [0.25, 0.3) is 0 Å². The number of piperidine rings is 1. The maximum Gasteiger partial charge on any atom is 0.0930 e. The smallest absolute Gasteiger partial charge is 0.0930 e. The Bertz CT molecular complexity index is 554. The zero-order valence-corrected chi connectivity index (χ0v) is 11.3. The van der Waals surface area contributed by atoms with E-state index in [4.69, 9.17) is 4.74 Å². The number of hydrogen-bond donors (Lipinski definition) is 0. The lowest BCUT2D eigenvalue weighted by molar-refractivity contribution is -0.0671. The molecule has 0 N–H and O–H groups in total. The van der Waals surface area contributed by atoms with Crippen LogP contribution in [0.3, 0.4) is 0 Å². The van der Waals surface area contributed by atoms with Gasteiger partial charge in [-0.25, -0.2) is 9.67 Å². The summed E-state index contributed by atoms with van der Waals surface area (Å²) in [4.78, 5) is 6.79. The molecular formula is C12H15N5OS. The van der Waals surface area contributed by atoms with E-state index in [0.717, 1.165) is 37.4 Å². The standard InChI is InChI=1S/C12H15N5OS/c1-2-16(4-9-7-19-8-13-9)5-11-12(1)18-6-10-3-14-15-17(10)11/h3,7-8,11-12H,1-2,4-6H2/t11-,12-/m1/s1. The maximum absolute atomic E-state index is 5.91. The molecule has 2 aliphatic rings. The van der Waals surface area contributed by atoms with E-state index >= 15 is 0 Å². The summed E-state index contributed by atoms with van der Waals surface area (Å²) >= 11 is 1.65. The molecule has 0 amide bonds. The molecule has 6 nitrogen and oxygen atoms in total. The van der Waals surface area contributed by atoms with Crippen molar-refractivity contribution in [3.05, 3.63) is 28.5 Å². The third-order valence-corrected chi connectivity index (χ3v) is 4.52. The first kappa shape index (κ1) is 11.5. The van der Waals surface area contributed by atoms with Gasteiger partial charge in [-0.1, -0.05) is 5.21 Å². The van der Waals surface area contributed by atoms with Crippen molar-refractivity contribution < 1.29 is 4.74 Å². The van der Waals surface area contributed by atoms with E-state index in [-0.39, 0.29) is 6.10 Å². The van der Waals surface area contributed by atoms with Crippen LogP contribution in [0.5, 0.6) is 0 Å². The van der Waals surface area contributed by atoms with Gasteiger partial charge in [-0.2, -0.15) is 0 Å². The number of fused-ring (bicyclic) bond motifs is 3. The van der Waals surface area contributed by atoms with Crippen molar-refractivity contribution in [1.82, 2.24) is 24.9 Å². The summed E-state index contributed by atoms with van der Waals surface area (Å²) < 4.78 is 7.95. The molecule has 7 heteroatoms. The molecule has 100 valence electrons. The Labute approximate surface area is 115 Å². The van der Waals surface area contributed by atoms with Gasteiger partial charge in [-0.15, -0.1) is 16.4 Å². The van der Waals surface area contributed by atoms with Gasteiger partial charge in [0, 0.05) is 25.0 Å². The number of nitrogens with zero attached hydrogens (tertiary/aromatic N) is 5. The average molecular weight is 277 g/mol. The van der Waals surface area contributed by atoms with E-state index < -0.39 is 0 Å². The van der Waals surface area contributed by atoms with Crippen molar-refractivity contribution in [3.63, 3.8) is 0 Å². The predicted molar refractivity (Wildman–Crippen MR) is 69.6 cm³/mol. The second-order valence-corrected chi connectivity index (χ2v) is 5.81. The van der Waals surface area contributed by atoms with E-state index in [9.17, 15) is 0 Å². The highest BCUT2D eigenvalue weighted by Gasteiger charge is 2.36. The van der Waals surface area contributed by atoms with E-state index in [1.807, 2.05) is 10.2 Å². The molecule has 0 spiro atoms. The zero-order valence-electron chi connectivity index (χ0n) is 10.5. The fourth-order valence-electron chi connectivity index (χ4n) is 2.93. The molecule has 0 aromatic carbocycles. The highest BCUT2D eigenvalue weighted by atomic mass is 32.1. The molecule has 2 aliphatic heterocycles. The molecule has 0 radical (unpaired) electrons. The largest absolute Gasteiger partial charge is 0.370 e. The van der Waals surface area contributed by atoms with Crippen LogP contribution in [-0.2, 0) is 17.9 Å². The monoisotopic (exact) mass is 277 g/mol. The molecule has 2 aromatic rings. The fourth-order valence-corrected chi connectivity index (χ4v) is 3.48. The Morgan fingerprint density at radius 2 is 2.47 bits per heavy atom. The topological polar surface area (TPSA) is 56.1 Å². The van der Waals surface area contributed by atoms with Crippen molar-refractivity contribution in [2.45, 2.75) is 31.7 Å². The van der Waals surface area contributed by atoms with Crippen LogP contribution in [0.1, 0.15) is 23.9 Å². The van der Waals surface area contributed by atoms with Crippen LogP contribution in [-0.4, -0.2) is 44.1 Å². The van der Waals surface area contributed by atoms with Crippen LogP contribution in [0.4, 0.5) is 0 Å². The molecule has 4 heterocycles. The molecule has 0 aliphatic carbocycles. The molecule has 2 atom stereocenters. The summed E-state index contributed by atoms with van der Waals surface area (Å²) in [7, 11) is 0. The van der Waals surface area contributed by atoms with Crippen LogP contribution in [0.2, 0.25) is 0 Å². The number of thiazole rings is 1. The summed E-state index contributed by atoms with van der Waals surface area (Å²) in [5.74, 6) is 0. The van der Waals surface area contributed by atoms with E-state index in [0.29, 0.717) is 12.6 Å². The molecule has 1 fully saturated rings. The molecule has 0 saturated carbocycles. The van der Waals surface area contributed by atoms with Crippen LogP contribution >= 0.6 is 11.3 Å². The van der Waals surface area contributed by atoms with E-state index in [1.165, 1.54) is 0 Å². The second kappa shape index (κ2) is 4.66. The third-order valence-electron chi connectivity index (χ3n) is 3.88. The van der Waals surface area contributed by atoms with E-state index in [2.05, 4.69) is 25.6 Å². The number of hydrogen-bond acceptors (Lipinski definition) is 6. The SMILES string of the molecule is c1nc(CN2CC[C@H]3OCc4cnnn4[C@@H]3C2)cs1. The highest BCUT2D eigenvalue weighted by Crippen LogP contribution is 2.30. The number of aromatic nitrogens is 4. The summed E-state index contributed by atoms with van der Waals surface area (Å²) in [5.41, 5.74) is 4.12. The maximum atomic E-state index is 5.91.